The van der Waals surface area contributed by atoms with Crippen LogP contribution in [0.2, 0.25) is 4.34 Å². The van der Waals surface area contributed by atoms with E-state index in [1.165, 1.54) is 24.4 Å². The van der Waals surface area contributed by atoms with Crippen molar-refractivity contribution < 1.29 is 4.79 Å². The van der Waals surface area contributed by atoms with E-state index in [1.54, 1.807) is 0 Å². The van der Waals surface area contributed by atoms with E-state index < -0.39 is 0 Å². The van der Waals surface area contributed by atoms with Crippen LogP contribution in [0, 0.1) is 11.8 Å². The van der Waals surface area contributed by atoms with Gasteiger partial charge in [-0.15, -0.1) is 5.10 Å². The molecule has 0 radical (unpaired) electrons. The monoisotopic (exact) mass is 314 g/mol. The molecule has 1 aliphatic heterocycles. The number of nitrogens with zero attached hydrogens (tertiary/aromatic N) is 3. The van der Waals surface area contributed by atoms with Crippen LogP contribution in [0.4, 0.5) is 0 Å². The summed E-state index contributed by atoms with van der Waals surface area (Å²) in [5, 5.41) is 7.13. The molecule has 2 heterocycles. The van der Waals surface area contributed by atoms with Crippen LogP contribution in [-0.4, -0.2) is 40.0 Å². The third-order valence-corrected chi connectivity index (χ3v) is 5.01. The zero-order valence-electron chi connectivity index (χ0n) is 11.3. The van der Waals surface area contributed by atoms with Gasteiger partial charge in [-0.1, -0.05) is 16.1 Å². The molecule has 1 amide bonds. The van der Waals surface area contributed by atoms with Crippen molar-refractivity contribution in [2.24, 2.45) is 11.8 Å². The summed E-state index contributed by atoms with van der Waals surface area (Å²) < 4.78 is 4.51. The van der Waals surface area contributed by atoms with Gasteiger partial charge in [0.05, 0.1) is 5.92 Å². The van der Waals surface area contributed by atoms with Crippen molar-refractivity contribution in [3.8, 4) is 0 Å². The first-order valence-electron chi connectivity index (χ1n) is 7.19. The number of nitrogens with one attached hydrogen (secondary N) is 1. The third-order valence-electron chi connectivity index (χ3n) is 4.02. The second kappa shape index (κ2) is 6.37. The zero-order chi connectivity index (χ0) is 13.9. The van der Waals surface area contributed by atoms with Gasteiger partial charge >= 0.3 is 0 Å². The maximum atomic E-state index is 12.2. The van der Waals surface area contributed by atoms with E-state index in [1.807, 2.05) is 0 Å². The molecule has 1 atom stereocenters. The largest absolute Gasteiger partial charge is 0.356 e. The number of carbonyl (C=O) groups excluding carboxylic acids is 1. The van der Waals surface area contributed by atoms with E-state index in [9.17, 15) is 4.79 Å². The Labute approximate surface area is 127 Å². The molecule has 2 fully saturated rings. The minimum absolute atomic E-state index is 0.105. The Kier molecular flexibility index (Phi) is 4.53. The molecule has 2 aliphatic rings. The van der Waals surface area contributed by atoms with Crippen LogP contribution in [0.25, 0.3) is 0 Å². The summed E-state index contributed by atoms with van der Waals surface area (Å²) in [5.74, 6) is 1.05. The van der Waals surface area contributed by atoms with Crippen LogP contribution in [0.15, 0.2) is 0 Å². The average molecular weight is 315 g/mol. The molecule has 1 unspecified atom stereocenters. The summed E-state index contributed by atoms with van der Waals surface area (Å²) in [6.45, 7) is 3.35. The number of rotatable bonds is 5. The van der Waals surface area contributed by atoms with Gasteiger partial charge in [0.1, 0.15) is 10.0 Å². The van der Waals surface area contributed by atoms with Crippen molar-refractivity contribution in [3.63, 3.8) is 0 Å². The number of halogens is 1. The normalized spacial score (nSPS) is 23.8. The van der Waals surface area contributed by atoms with Crippen molar-refractivity contribution in [2.45, 2.75) is 32.2 Å². The average Bonchev–Trinajstić information content (AvgIpc) is 3.21. The first-order chi connectivity index (χ1) is 9.72. The fourth-order valence-corrected chi connectivity index (χ4v) is 3.24. The summed E-state index contributed by atoms with van der Waals surface area (Å²) in [6, 6.07) is 0. The smallest absolute Gasteiger partial charge is 0.224 e. The second-order valence-corrected chi connectivity index (χ2v) is 7.11. The second-order valence-electron chi connectivity index (χ2n) is 5.76. The molecule has 110 valence electrons. The van der Waals surface area contributed by atoms with E-state index in [-0.39, 0.29) is 11.8 Å². The number of likely N-dealkylation sites (tertiary alicyclic amines) is 1. The van der Waals surface area contributed by atoms with Crippen LogP contribution in [0.3, 0.4) is 0 Å². The molecule has 0 spiro atoms. The Balaban J connectivity index is 1.50. The minimum atomic E-state index is 0.105. The number of aromatic nitrogens is 2. The first-order valence-corrected chi connectivity index (χ1v) is 8.34. The van der Waals surface area contributed by atoms with Gasteiger partial charge in [0.15, 0.2) is 0 Å². The van der Waals surface area contributed by atoms with Gasteiger partial charge in [0.2, 0.25) is 5.91 Å². The summed E-state index contributed by atoms with van der Waals surface area (Å²) in [7, 11) is 0. The van der Waals surface area contributed by atoms with E-state index in [4.69, 9.17) is 11.6 Å². The maximum absolute atomic E-state index is 12.2. The summed E-state index contributed by atoms with van der Waals surface area (Å²) >= 11 is 7.25. The third kappa shape index (κ3) is 3.68. The first kappa shape index (κ1) is 14.2. The Hall–Kier alpha value is -0.720. The molecule has 1 aliphatic carbocycles. The highest BCUT2D eigenvalue weighted by Gasteiger charge is 2.28. The van der Waals surface area contributed by atoms with Gasteiger partial charge in [-0.2, -0.15) is 0 Å². The number of amides is 1. The van der Waals surface area contributed by atoms with E-state index in [0.717, 1.165) is 44.1 Å². The van der Waals surface area contributed by atoms with Crippen LogP contribution in [-0.2, 0) is 11.3 Å². The van der Waals surface area contributed by atoms with Crippen molar-refractivity contribution >= 4 is 29.0 Å². The molecule has 0 aromatic carbocycles. The van der Waals surface area contributed by atoms with Gasteiger partial charge in [0.25, 0.3) is 0 Å². The number of hydrogen-bond donors (Lipinski definition) is 1. The lowest BCUT2D eigenvalue weighted by Crippen LogP contribution is -2.43. The van der Waals surface area contributed by atoms with Crippen molar-refractivity contribution in [1.29, 1.82) is 0 Å². The Morgan fingerprint density at radius 2 is 2.30 bits per heavy atom. The quantitative estimate of drug-likeness (QED) is 0.902. The predicted molar refractivity (Wildman–Crippen MR) is 78.7 cm³/mol. The fourth-order valence-electron chi connectivity index (χ4n) is 2.63. The lowest BCUT2D eigenvalue weighted by atomic mass is 9.97. The van der Waals surface area contributed by atoms with Crippen LogP contribution in [0.1, 0.15) is 31.4 Å². The summed E-state index contributed by atoms with van der Waals surface area (Å²) in [4.78, 5) is 14.4. The van der Waals surface area contributed by atoms with Crippen LogP contribution >= 0.6 is 23.1 Å². The van der Waals surface area contributed by atoms with Crippen molar-refractivity contribution in [3.05, 3.63) is 10.0 Å². The minimum Gasteiger partial charge on any atom is -0.356 e. The van der Waals surface area contributed by atoms with Crippen LogP contribution in [0.5, 0.6) is 0 Å². The summed E-state index contributed by atoms with van der Waals surface area (Å²) in [5.41, 5.74) is 0.829. The molecule has 3 rings (SSSR count). The highest BCUT2D eigenvalue weighted by molar-refractivity contribution is 7.10. The molecule has 0 bridgehead atoms. The number of hydrogen-bond acceptors (Lipinski definition) is 5. The Morgan fingerprint density at radius 3 is 3.00 bits per heavy atom. The lowest BCUT2D eigenvalue weighted by molar-refractivity contribution is -0.126. The molecule has 1 saturated heterocycles. The molecule has 1 aromatic rings. The van der Waals surface area contributed by atoms with Gasteiger partial charge < -0.3 is 5.32 Å². The van der Waals surface area contributed by atoms with Gasteiger partial charge in [-0.3, -0.25) is 9.69 Å². The maximum Gasteiger partial charge on any atom is 0.224 e. The topological polar surface area (TPSA) is 58.1 Å². The zero-order valence-corrected chi connectivity index (χ0v) is 12.9. The predicted octanol–water partition coefficient (Wildman–Crippen LogP) is 1.93. The Bertz CT molecular complexity index is 477. The van der Waals surface area contributed by atoms with E-state index in [2.05, 4.69) is 19.8 Å². The molecular weight excluding hydrogens is 296 g/mol. The van der Waals surface area contributed by atoms with Crippen molar-refractivity contribution in [2.75, 3.05) is 19.6 Å². The van der Waals surface area contributed by atoms with E-state index >= 15 is 0 Å². The van der Waals surface area contributed by atoms with Crippen molar-refractivity contribution in [1.82, 2.24) is 19.8 Å². The molecule has 7 heteroatoms. The van der Waals surface area contributed by atoms with Gasteiger partial charge in [-0.05, 0) is 38.1 Å². The Morgan fingerprint density at radius 1 is 1.45 bits per heavy atom. The number of carbonyl (C=O) groups is 1. The van der Waals surface area contributed by atoms with Gasteiger partial charge in [0, 0.05) is 31.2 Å². The standard InChI is InChI=1S/C13H19ClN4OS/c14-12-11(16-17-20-12)8-18-5-1-2-10(7-18)13(19)15-6-9-3-4-9/h9-10H,1-8H2,(H,15,19). The summed E-state index contributed by atoms with van der Waals surface area (Å²) in [6.07, 6.45) is 4.57. The van der Waals surface area contributed by atoms with Crippen LogP contribution < -0.4 is 5.32 Å². The molecule has 1 aromatic heterocycles. The number of piperidine rings is 1. The molecule has 5 nitrogen and oxygen atoms in total. The highest BCUT2D eigenvalue weighted by atomic mass is 35.5. The molecule has 1 saturated carbocycles. The fraction of sp³-hybridized carbons (Fsp3) is 0.769. The lowest BCUT2D eigenvalue weighted by Gasteiger charge is -2.31. The van der Waals surface area contributed by atoms with E-state index in [0.29, 0.717) is 10.9 Å². The highest BCUT2D eigenvalue weighted by Crippen LogP contribution is 2.28. The molecular formula is C13H19ClN4OS. The molecule has 1 N–H and O–H groups in total. The SMILES string of the molecule is O=C(NCC1CC1)C1CCCN(Cc2nnsc2Cl)C1. The molecule has 20 heavy (non-hydrogen) atoms. The van der Waals surface area contributed by atoms with Gasteiger partial charge in [-0.25, -0.2) is 0 Å².